The summed E-state index contributed by atoms with van der Waals surface area (Å²) in [6.45, 7) is 7.07. The summed E-state index contributed by atoms with van der Waals surface area (Å²) in [6.07, 6.45) is 7.40. The quantitative estimate of drug-likeness (QED) is 0.400. The Bertz CT molecular complexity index is 1550. The molecule has 1 saturated heterocycles. The van der Waals surface area contributed by atoms with E-state index in [1.165, 1.54) is 5.56 Å². The van der Waals surface area contributed by atoms with Crippen LogP contribution in [0.25, 0.3) is 0 Å². The molecule has 2 aromatic carbocycles. The molecule has 7 atom stereocenters. The molecule has 264 valence electrons. The number of anilines is 1. The summed E-state index contributed by atoms with van der Waals surface area (Å²) in [7, 11) is 0.210. The number of sulfonamides is 1. The predicted molar refractivity (Wildman–Crippen MR) is 189 cm³/mol. The van der Waals surface area contributed by atoms with E-state index >= 15 is 0 Å². The zero-order valence-corrected chi connectivity index (χ0v) is 30.4. The number of ether oxygens (including phenoxy) is 3. The molecule has 4 aliphatic rings. The Labute approximate surface area is 291 Å². The summed E-state index contributed by atoms with van der Waals surface area (Å²) in [5.41, 5.74) is 3.42. The normalized spacial score (nSPS) is 31.4. The smallest absolute Gasteiger partial charge is 0.264 e. The molecule has 2 bridgehead atoms. The molecule has 1 aliphatic carbocycles. The lowest BCUT2D eigenvalue weighted by atomic mass is 9.65. The number of halogens is 1. The first kappa shape index (κ1) is 35.5. The van der Waals surface area contributed by atoms with Crippen molar-refractivity contribution in [2.75, 3.05) is 45.2 Å². The fourth-order valence-electron chi connectivity index (χ4n) is 7.99. The summed E-state index contributed by atoms with van der Waals surface area (Å²) >= 11 is 6.37. The van der Waals surface area contributed by atoms with Gasteiger partial charge in [0.2, 0.25) is 10.0 Å². The van der Waals surface area contributed by atoms with Crippen molar-refractivity contribution in [3.8, 4) is 5.75 Å². The molecule has 2 fully saturated rings. The molecule has 1 saturated carbocycles. The number of aryl methyl sites for hydroxylation is 1. The molecular weight excluding hydrogens is 650 g/mol. The lowest BCUT2D eigenvalue weighted by Crippen LogP contribution is -2.45. The van der Waals surface area contributed by atoms with E-state index in [1.54, 1.807) is 13.0 Å². The molecular formula is C37H52ClN3O6S. The van der Waals surface area contributed by atoms with E-state index in [9.17, 15) is 13.2 Å². The monoisotopic (exact) mass is 701 g/mol. The molecule has 0 spiro atoms. The molecule has 9 nitrogen and oxygen atoms in total. The van der Waals surface area contributed by atoms with Crippen molar-refractivity contribution in [3.63, 3.8) is 0 Å². The Morgan fingerprint density at radius 3 is 2.58 bits per heavy atom. The van der Waals surface area contributed by atoms with Crippen LogP contribution in [0.3, 0.4) is 0 Å². The van der Waals surface area contributed by atoms with Crippen molar-refractivity contribution in [1.82, 2.24) is 9.62 Å². The number of likely N-dealkylation sites (N-methyl/N-ethyl adjacent to an activating group) is 1. The Morgan fingerprint density at radius 1 is 0.979 bits per heavy atom. The van der Waals surface area contributed by atoms with Gasteiger partial charge < -0.3 is 24.0 Å². The highest BCUT2D eigenvalue weighted by Gasteiger charge is 2.45. The Morgan fingerprint density at radius 2 is 1.81 bits per heavy atom. The topological polar surface area (TPSA) is 97.4 Å². The number of rotatable bonds is 3. The third-order valence-corrected chi connectivity index (χ3v) is 13.3. The lowest BCUT2D eigenvalue weighted by Gasteiger charge is -2.46. The van der Waals surface area contributed by atoms with Crippen molar-refractivity contribution in [2.45, 2.75) is 89.5 Å². The maximum absolute atomic E-state index is 13.5. The van der Waals surface area contributed by atoms with Crippen LogP contribution in [0.1, 0.15) is 80.3 Å². The van der Waals surface area contributed by atoms with Crippen molar-refractivity contribution in [3.05, 3.63) is 58.1 Å². The van der Waals surface area contributed by atoms with E-state index in [1.807, 2.05) is 37.3 Å². The first-order valence-electron chi connectivity index (χ1n) is 17.8. The van der Waals surface area contributed by atoms with Gasteiger partial charge in [-0.25, -0.2) is 13.1 Å². The molecule has 1 N–H and O–H groups in total. The molecule has 2 aromatic rings. The second kappa shape index (κ2) is 15.3. The van der Waals surface area contributed by atoms with Crippen LogP contribution >= 0.6 is 11.6 Å². The fraction of sp³-hybridized carbons (Fsp3) is 0.649. The number of nitrogens with one attached hydrogen (secondary N) is 1. The summed E-state index contributed by atoms with van der Waals surface area (Å²) in [4.78, 5) is 18.0. The average Bonchev–Trinajstić information content (AvgIpc) is 3.48. The highest BCUT2D eigenvalue weighted by atomic mass is 35.5. The highest BCUT2D eigenvalue weighted by Crippen LogP contribution is 2.47. The van der Waals surface area contributed by atoms with Gasteiger partial charge in [0, 0.05) is 36.1 Å². The molecule has 0 unspecified atom stereocenters. The summed E-state index contributed by atoms with van der Waals surface area (Å²) in [5.74, 6) is 1.04. The third-order valence-electron chi connectivity index (χ3n) is 11.1. The largest absolute Gasteiger partial charge is 0.487 e. The molecule has 1 amide bonds. The average molecular weight is 702 g/mol. The van der Waals surface area contributed by atoms with E-state index in [4.69, 9.17) is 25.8 Å². The van der Waals surface area contributed by atoms with Crippen LogP contribution in [0.5, 0.6) is 5.75 Å². The van der Waals surface area contributed by atoms with Crippen LogP contribution in [0.2, 0.25) is 5.02 Å². The second-order valence-corrected chi connectivity index (χ2v) is 17.2. The SMILES string of the molecule is C[C@@H]1[C@@H](C)CCC[C@@H]([C@@H]2OC[C@H](CN(C)C)O2)[C@@H]2CC[C@H]2CN2CCCCc3cc(Cl)ccc3COc3ccc(cc32)C(=O)NS1(=O)=O. The maximum Gasteiger partial charge on any atom is 0.264 e. The molecule has 0 aromatic heterocycles. The molecule has 3 aliphatic heterocycles. The number of amides is 1. The second-order valence-electron chi connectivity index (χ2n) is 14.8. The van der Waals surface area contributed by atoms with Crippen molar-refractivity contribution in [1.29, 1.82) is 0 Å². The number of hydrogen-bond donors (Lipinski definition) is 1. The van der Waals surface area contributed by atoms with Crippen LogP contribution in [0.4, 0.5) is 5.69 Å². The minimum Gasteiger partial charge on any atom is -0.487 e. The standard InChI is InChI=1S/C37H52ClN3O6S/c1-24-8-7-10-33(37-46-23-31(47-37)21-40(3)4)32-15-12-28(32)20-41-17-6-5-9-26-18-30(38)14-11-29(26)22-45-35-16-13-27(19-34(35)41)36(42)39-48(43,44)25(24)2/h11,13-14,16,18-19,24-25,28,31-33,37H,5-10,12,15,17,20-23H2,1-4H3,(H,39,42)/t24-,25+,28-,31-,32+,33+,37+/m0/s1. The number of hydrogen-bond acceptors (Lipinski definition) is 8. The van der Waals surface area contributed by atoms with E-state index in [0.717, 1.165) is 87.3 Å². The Balaban J connectivity index is 1.35. The maximum atomic E-state index is 13.5. The summed E-state index contributed by atoms with van der Waals surface area (Å²) < 4.78 is 48.7. The number of fused-ring (bicyclic) bond motifs is 3. The lowest BCUT2D eigenvalue weighted by molar-refractivity contribution is -0.134. The van der Waals surface area contributed by atoms with Crippen LogP contribution in [0.15, 0.2) is 36.4 Å². The fourth-order valence-corrected chi connectivity index (χ4v) is 9.50. The van der Waals surface area contributed by atoms with Crippen molar-refractivity contribution < 1.29 is 27.4 Å². The van der Waals surface area contributed by atoms with E-state index in [2.05, 4.69) is 28.6 Å². The number of nitrogens with zero attached hydrogens (tertiary/aromatic N) is 2. The zero-order valence-electron chi connectivity index (χ0n) is 28.8. The first-order valence-corrected chi connectivity index (χ1v) is 19.7. The van der Waals surface area contributed by atoms with Crippen LogP contribution in [-0.2, 0) is 32.5 Å². The van der Waals surface area contributed by atoms with Gasteiger partial charge in [-0.3, -0.25) is 4.79 Å². The van der Waals surface area contributed by atoms with Crippen molar-refractivity contribution in [2.24, 2.45) is 23.7 Å². The third kappa shape index (κ3) is 8.15. The van der Waals surface area contributed by atoms with E-state index in [-0.39, 0.29) is 24.2 Å². The highest BCUT2D eigenvalue weighted by molar-refractivity contribution is 7.90. The minimum atomic E-state index is -3.90. The predicted octanol–water partition coefficient (Wildman–Crippen LogP) is 6.28. The van der Waals surface area contributed by atoms with Crippen molar-refractivity contribution >= 4 is 33.2 Å². The number of carbonyl (C=O) groups is 1. The van der Waals surface area contributed by atoms with Crippen LogP contribution in [-0.4, -0.2) is 77.2 Å². The van der Waals surface area contributed by atoms with Gasteiger partial charge in [-0.1, -0.05) is 31.0 Å². The Kier molecular flexibility index (Phi) is 11.3. The van der Waals surface area contributed by atoms with E-state index < -0.39 is 21.2 Å². The van der Waals surface area contributed by atoms with Gasteiger partial charge in [-0.05, 0) is 125 Å². The zero-order chi connectivity index (χ0) is 34.0. The van der Waals surface area contributed by atoms with Crippen LogP contribution in [0, 0.1) is 23.7 Å². The van der Waals surface area contributed by atoms with Gasteiger partial charge in [0.15, 0.2) is 6.29 Å². The van der Waals surface area contributed by atoms with Gasteiger partial charge in [0.25, 0.3) is 5.91 Å². The number of benzene rings is 2. The summed E-state index contributed by atoms with van der Waals surface area (Å²) in [5, 5.41) is -0.000716. The first-order chi connectivity index (χ1) is 23.0. The molecule has 3 heterocycles. The Hall–Kier alpha value is -2.37. The molecule has 11 heteroatoms. The molecule has 48 heavy (non-hydrogen) atoms. The molecule has 6 rings (SSSR count). The van der Waals surface area contributed by atoms with Gasteiger partial charge >= 0.3 is 0 Å². The van der Waals surface area contributed by atoms with Gasteiger partial charge in [-0.15, -0.1) is 0 Å². The van der Waals surface area contributed by atoms with Gasteiger partial charge in [0.1, 0.15) is 12.4 Å². The van der Waals surface area contributed by atoms with E-state index in [0.29, 0.717) is 36.4 Å². The van der Waals surface area contributed by atoms with Gasteiger partial charge in [-0.2, -0.15) is 0 Å². The minimum absolute atomic E-state index is 0.0454. The molecule has 0 radical (unpaired) electrons. The van der Waals surface area contributed by atoms with Gasteiger partial charge in [0.05, 0.1) is 23.6 Å². The summed E-state index contributed by atoms with van der Waals surface area (Å²) in [6, 6.07) is 11.3. The van der Waals surface area contributed by atoms with Crippen LogP contribution < -0.4 is 14.4 Å². The number of carbonyl (C=O) groups excluding carboxylic acids is 1.